The van der Waals surface area contributed by atoms with E-state index < -0.39 is 23.0 Å². The number of hydrogen-bond acceptors (Lipinski definition) is 6. The molecule has 2 N–H and O–H groups in total. The van der Waals surface area contributed by atoms with E-state index in [4.69, 9.17) is 16.3 Å². The van der Waals surface area contributed by atoms with Crippen LogP contribution in [0.3, 0.4) is 0 Å². The lowest BCUT2D eigenvalue weighted by Crippen LogP contribution is -2.56. The normalized spacial score (nSPS) is 16.5. The number of halogens is 1. The lowest BCUT2D eigenvalue weighted by atomic mass is 9.76. The van der Waals surface area contributed by atoms with Crippen molar-refractivity contribution in [3.8, 4) is 17.2 Å². The molecule has 54 heavy (non-hydrogen) atoms. The number of carbonyl (C=O) groups excluding carboxylic acids is 2. The van der Waals surface area contributed by atoms with Crippen molar-refractivity contribution < 1.29 is 14.3 Å². The molecule has 1 aliphatic carbocycles. The number of ether oxygens (including phenoxy) is 1. The van der Waals surface area contributed by atoms with Gasteiger partial charge in [-0.15, -0.1) is 11.8 Å². The molecule has 2 aliphatic rings. The summed E-state index contributed by atoms with van der Waals surface area (Å²) in [6, 6.07) is 44.3. The highest BCUT2D eigenvalue weighted by molar-refractivity contribution is 8.00. The van der Waals surface area contributed by atoms with Gasteiger partial charge in [0, 0.05) is 29.8 Å². The topological polar surface area (TPSA) is 94.5 Å². The number of amides is 2. The molecule has 0 aromatic heterocycles. The van der Waals surface area contributed by atoms with E-state index in [1.54, 1.807) is 4.90 Å². The molecule has 2 amide bonds. The van der Waals surface area contributed by atoms with Crippen molar-refractivity contribution in [2.45, 2.75) is 49.1 Å². The Bertz CT molecular complexity index is 2090. The van der Waals surface area contributed by atoms with Gasteiger partial charge >= 0.3 is 6.09 Å². The molecular formula is C45H43ClN4O3S. The molecule has 9 heteroatoms. The van der Waals surface area contributed by atoms with Crippen LogP contribution in [0.25, 0.3) is 11.1 Å². The van der Waals surface area contributed by atoms with Crippen LogP contribution in [0.15, 0.2) is 127 Å². The molecule has 1 aliphatic heterocycles. The van der Waals surface area contributed by atoms with Gasteiger partial charge in [-0.05, 0) is 71.2 Å². The fraction of sp³-hybridized carbons (Fsp3) is 0.267. The fourth-order valence-electron chi connectivity index (χ4n) is 7.81. The zero-order valence-electron chi connectivity index (χ0n) is 30.2. The summed E-state index contributed by atoms with van der Waals surface area (Å²) < 4.78 is 5.76. The van der Waals surface area contributed by atoms with Crippen LogP contribution in [-0.2, 0) is 15.1 Å². The molecule has 1 heterocycles. The van der Waals surface area contributed by atoms with Crippen molar-refractivity contribution in [1.29, 1.82) is 5.26 Å². The number of unbranched alkanes of at least 4 members (excludes halogenated alkanes) is 1. The molecule has 0 bridgehead atoms. The number of thioether (sulfide) groups is 1. The standard InChI is InChI=1S/C45H43ClN4O3S/c1-31-22-24-33(25-23-31)45(32-13-3-2-4-14-32,39-19-9-10-20-40(39)46)49-41(43(51)50-27-28-54-42(50)29-47)21-11-12-26-48-44(52)53-30-38-36-17-7-5-15-34(36)35-16-6-8-18-37(35)38/h2-10,13-20,22-25,38,41-42,49H,11-12,21,26-28,30H2,1H3,(H,48,52)/t41-,42-,45?/m0/s1. The molecular weight excluding hydrogens is 712 g/mol. The molecule has 1 unspecified atom stereocenters. The third-order valence-electron chi connectivity index (χ3n) is 10.5. The molecule has 5 aromatic rings. The van der Waals surface area contributed by atoms with Gasteiger partial charge in [-0.3, -0.25) is 10.1 Å². The van der Waals surface area contributed by atoms with E-state index in [0.717, 1.165) is 22.3 Å². The molecule has 1 fully saturated rings. The smallest absolute Gasteiger partial charge is 0.407 e. The first-order valence-corrected chi connectivity index (χ1v) is 19.9. The summed E-state index contributed by atoms with van der Waals surface area (Å²) in [5.41, 5.74) is 7.51. The van der Waals surface area contributed by atoms with Crippen molar-refractivity contribution in [3.63, 3.8) is 0 Å². The van der Waals surface area contributed by atoms with E-state index in [2.05, 4.69) is 77.4 Å². The summed E-state index contributed by atoms with van der Waals surface area (Å²) in [5.74, 6) is 0.557. The number of rotatable bonds is 13. The maximum atomic E-state index is 14.6. The Morgan fingerprint density at radius 1 is 0.870 bits per heavy atom. The van der Waals surface area contributed by atoms with Crippen molar-refractivity contribution in [1.82, 2.24) is 15.5 Å². The van der Waals surface area contributed by atoms with E-state index >= 15 is 0 Å². The van der Waals surface area contributed by atoms with Crippen LogP contribution in [-0.4, -0.2) is 53.8 Å². The predicted octanol–water partition coefficient (Wildman–Crippen LogP) is 9.03. The average molecular weight is 755 g/mol. The second-order valence-corrected chi connectivity index (χ2v) is 15.4. The number of benzene rings is 5. The Morgan fingerprint density at radius 2 is 1.50 bits per heavy atom. The number of hydrogen-bond donors (Lipinski definition) is 2. The van der Waals surface area contributed by atoms with E-state index in [1.165, 1.54) is 34.0 Å². The second-order valence-electron chi connectivity index (χ2n) is 13.8. The number of alkyl carbamates (subject to hydrolysis) is 1. The number of nitrogens with one attached hydrogen (secondary N) is 2. The van der Waals surface area contributed by atoms with Gasteiger partial charge in [0.2, 0.25) is 5.91 Å². The molecule has 0 radical (unpaired) electrons. The van der Waals surface area contributed by atoms with E-state index in [-0.39, 0.29) is 18.4 Å². The average Bonchev–Trinajstić information content (AvgIpc) is 3.82. The Kier molecular flexibility index (Phi) is 11.7. The van der Waals surface area contributed by atoms with Gasteiger partial charge in [-0.25, -0.2) is 4.79 Å². The van der Waals surface area contributed by atoms with Crippen LogP contribution in [0.2, 0.25) is 5.02 Å². The maximum Gasteiger partial charge on any atom is 0.407 e. The minimum atomic E-state index is -0.998. The van der Waals surface area contributed by atoms with Gasteiger partial charge in [0.1, 0.15) is 6.61 Å². The van der Waals surface area contributed by atoms with Crippen LogP contribution >= 0.6 is 23.4 Å². The van der Waals surface area contributed by atoms with Crippen molar-refractivity contribution in [3.05, 3.63) is 166 Å². The number of aryl methyl sites for hydroxylation is 1. The Hall–Kier alpha value is -5.07. The second kappa shape index (κ2) is 16.9. The van der Waals surface area contributed by atoms with E-state index in [0.29, 0.717) is 43.1 Å². The van der Waals surface area contributed by atoms with Crippen LogP contribution < -0.4 is 10.6 Å². The minimum absolute atomic E-state index is 0.0153. The van der Waals surface area contributed by atoms with Gasteiger partial charge in [-0.1, -0.05) is 138 Å². The molecule has 0 saturated carbocycles. The first-order valence-electron chi connectivity index (χ1n) is 18.5. The Labute approximate surface area is 326 Å². The highest BCUT2D eigenvalue weighted by atomic mass is 35.5. The Balaban J connectivity index is 1.09. The monoisotopic (exact) mass is 754 g/mol. The number of fused-ring (bicyclic) bond motifs is 3. The summed E-state index contributed by atoms with van der Waals surface area (Å²) in [6.07, 6.45) is 1.26. The van der Waals surface area contributed by atoms with Crippen LogP contribution in [0.1, 0.15) is 58.6 Å². The maximum absolute atomic E-state index is 14.6. The summed E-state index contributed by atoms with van der Waals surface area (Å²) in [6.45, 7) is 3.19. The molecule has 274 valence electrons. The fourth-order valence-corrected chi connectivity index (χ4v) is 9.08. The number of carbonyl (C=O) groups is 2. The van der Waals surface area contributed by atoms with Gasteiger partial charge in [0.05, 0.1) is 17.6 Å². The summed E-state index contributed by atoms with van der Waals surface area (Å²) in [5, 5.41) is 16.8. The Morgan fingerprint density at radius 3 is 2.19 bits per heavy atom. The number of nitriles is 1. The van der Waals surface area contributed by atoms with Gasteiger partial charge in [-0.2, -0.15) is 5.26 Å². The van der Waals surface area contributed by atoms with E-state index in [1.807, 2.05) is 73.7 Å². The third-order valence-corrected chi connectivity index (χ3v) is 11.9. The highest BCUT2D eigenvalue weighted by Gasteiger charge is 2.43. The zero-order valence-corrected chi connectivity index (χ0v) is 31.8. The summed E-state index contributed by atoms with van der Waals surface area (Å²) in [7, 11) is 0. The van der Waals surface area contributed by atoms with Gasteiger partial charge < -0.3 is 15.0 Å². The molecule has 7 rings (SSSR count). The first kappa shape index (κ1) is 37.3. The molecule has 7 nitrogen and oxygen atoms in total. The number of nitrogens with zero attached hydrogens (tertiary/aromatic N) is 2. The van der Waals surface area contributed by atoms with Crippen molar-refractivity contribution in [2.24, 2.45) is 0 Å². The lowest BCUT2D eigenvalue weighted by Gasteiger charge is -2.41. The first-order chi connectivity index (χ1) is 26.4. The van der Waals surface area contributed by atoms with Crippen molar-refractivity contribution >= 4 is 35.4 Å². The quantitative estimate of drug-likeness (QED) is 0.0921. The van der Waals surface area contributed by atoms with Gasteiger partial charge in [0.25, 0.3) is 0 Å². The summed E-state index contributed by atoms with van der Waals surface area (Å²) >= 11 is 8.52. The largest absolute Gasteiger partial charge is 0.449 e. The minimum Gasteiger partial charge on any atom is -0.449 e. The highest BCUT2D eigenvalue weighted by Crippen LogP contribution is 2.45. The molecule has 5 aromatic carbocycles. The zero-order chi connectivity index (χ0) is 37.5. The van der Waals surface area contributed by atoms with E-state index in [9.17, 15) is 14.9 Å². The third kappa shape index (κ3) is 7.63. The van der Waals surface area contributed by atoms with Gasteiger partial charge in [0.15, 0.2) is 5.37 Å². The summed E-state index contributed by atoms with van der Waals surface area (Å²) in [4.78, 5) is 29.2. The van der Waals surface area contributed by atoms with Crippen molar-refractivity contribution in [2.75, 3.05) is 25.4 Å². The predicted molar refractivity (Wildman–Crippen MR) is 216 cm³/mol. The SMILES string of the molecule is Cc1ccc(C(N[C@@H](CCCCNC(=O)OCC2c3ccccc3-c3ccccc32)C(=O)N2CCS[C@H]2C#N)(c2ccccc2)c2ccccc2Cl)cc1. The molecule has 0 spiro atoms. The van der Waals surface area contributed by atoms with Crippen LogP contribution in [0, 0.1) is 18.3 Å². The lowest BCUT2D eigenvalue weighted by molar-refractivity contribution is -0.133. The van der Waals surface area contributed by atoms with Crippen LogP contribution in [0.5, 0.6) is 0 Å². The molecule has 3 atom stereocenters. The van der Waals surface area contributed by atoms with Crippen LogP contribution in [0.4, 0.5) is 4.79 Å². The molecule has 1 saturated heterocycles.